The molecule has 0 aliphatic carbocycles. The zero-order valence-corrected chi connectivity index (χ0v) is 19.3. The molecule has 0 fully saturated rings. The first-order valence-electron chi connectivity index (χ1n) is 9.39. The van der Waals surface area contributed by atoms with Crippen LogP contribution in [0.1, 0.15) is 13.3 Å². The lowest BCUT2D eigenvalue weighted by Gasteiger charge is -2.25. The molecule has 0 heterocycles. The molecule has 1 amide bonds. The highest BCUT2D eigenvalue weighted by molar-refractivity contribution is 8.10. The maximum absolute atomic E-state index is 13.3. The van der Waals surface area contributed by atoms with Crippen molar-refractivity contribution >= 4 is 31.6 Å². The average Bonchev–Trinajstić information content (AvgIpc) is 2.73. The van der Waals surface area contributed by atoms with Gasteiger partial charge in [0.1, 0.15) is 5.75 Å². The fourth-order valence-electron chi connectivity index (χ4n) is 2.84. The maximum Gasteiger partial charge on any atom is 0.277 e. The van der Waals surface area contributed by atoms with Gasteiger partial charge in [-0.25, -0.2) is 16.8 Å². The topological polar surface area (TPSA) is 101 Å². The summed E-state index contributed by atoms with van der Waals surface area (Å²) in [6.45, 7) is 5.27. The second kappa shape index (κ2) is 9.97. The summed E-state index contributed by atoms with van der Waals surface area (Å²) in [5, 5.41) is 0. The van der Waals surface area contributed by atoms with E-state index < -0.39 is 25.8 Å². The molecule has 10 heteroatoms. The fraction of sp³-hybridized carbons (Fsp3) is 0.286. The van der Waals surface area contributed by atoms with Gasteiger partial charge in [-0.3, -0.25) is 4.79 Å². The summed E-state index contributed by atoms with van der Waals surface area (Å²) in [6.07, 6.45) is 0.0504. The Morgan fingerprint density at radius 3 is 2.10 bits per heavy atom. The summed E-state index contributed by atoms with van der Waals surface area (Å²) in [7, 11) is -5.72. The Kier molecular flexibility index (Phi) is 7.85. The monoisotopic (exact) mass is 466 g/mol. The minimum absolute atomic E-state index is 0.0315. The number of rotatable bonds is 10. The van der Waals surface area contributed by atoms with Crippen LogP contribution < -0.4 is 8.45 Å². The van der Waals surface area contributed by atoms with Crippen LogP contribution in [0.25, 0.3) is 0 Å². The molecule has 0 aliphatic rings. The van der Waals surface area contributed by atoms with Gasteiger partial charge in [0.05, 0.1) is 23.4 Å². The van der Waals surface area contributed by atoms with Gasteiger partial charge < -0.3 is 9.64 Å². The number of nitrogens with zero attached hydrogens (tertiary/aromatic N) is 2. The third-order valence-corrected chi connectivity index (χ3v) is 8.71. The van der Waals surface area contributed by atoms with Gasteiger partial charge in [-0.2, -0.15) is 3.71 Å². The predicted molar refractivity (Wildman–Crippen MR) is 120 cm³/mol. The zero-order chi connectivity index (χ0) is 23.2. The molecule has 0 atom stereocenters. The van der Waals surface area contributed by atoms with Crippen LogP contribution >= 0.6 is 0 Å². The Hall–Kier alpha value is -2.85. The highest BCUT2D eigenvalue weighted by atomic mass is 32.3. The summed E-state index contributed by atoms with van der Waals surface area (Å²) in [5.74, 6) is -0.321. The number of carbonyl (C=O) groups excluding carboxylic acids is 1. The van der Waals surface area contributed by atoms with E-state index in [0.717, 1.165) is 0 Å². The third kappa shape index (κ3) is 5.86. The van der Waals surface area contributed by atoms with E-state index in [9.17, 15) is 21.6 Å². The van der Waals surface area contributed by atoms with E-state index in [4.69, 9.17) is 4.74 Å². The van der Waals surface area contributed by atoms with Crippen molar-refractivity contribution in [3.63, 3.8) is 0 Å². The number of likely N-dealkylation sites (N-methyl/N-ethyl adjacent to an activating group) is 1. The normalized spacial score (nSPS) is 11.6. The van der Waals surface area contributed by atoms with Crippen LogP contribution in [0.5, 0.6) is 5.75 Å². The largest absolute Gasteiger partial charge is 0.497 e. The lowest BCUT2D eigenvalue weighted by atomic mass is 10.3. The second-order valence-electron chi connectivity index (χ2n) is 6.89. The van der Waals surface area contributed by atoms with Gasteiger partial charge in [0, 0.05) is 19.2 Å². The summed E-state index contributed by atoms with van der Waals surface area (Å²) in [5.41, 5.74) is 0.299. The number of methoxy groups -OCH3 is 1. The van der Waals surface area contributed by atoms with E-state index in [0.29, 0.717) is 15.0 Å². The molecule has 0 saturated carbocycles. The van der Waals surface area contributed by atoms with Gasteiger partial charge >= 0.3 is 0 Å². The van der Waals surface area contributed by atoms with Crippen molar-refractivity contribution in [1.82, 2.24) is 4.90 Å². The van der Waals surface area contributed by atoms with Gasteiger partial charge in [-0.15, -0.1) is 0 Å². The van der Waals surface area contributed by atoms with Crippen LogP contribution in [0.15, 0.2) is 71.6 Å². The van der Waals surface area contributed by atoms with Crippen molar-refractivity contribution in [2.24, 2.45) is 0 Å². The van der Waals surface area contributed by atoms with Crippen LogP contribution in [-0.2, 0) is 24.8 Å². The molecule has 0 N–H and O–H groups in total. The van der Waals surface area contributed by atoms with Gasteiger partial charge in [0.2, 0.25) is 15.9 Å². The first kappa shape index (κ1) is 24.4. The SMILES string of the molecule is C=C(C)C(=O)N(C)CCCS(=O)(=O)N(c1ccc(OC)cc1)S(=O)(=O)c1ccccc1. The van der Waals surface area contributed by atoms with E-state index in [-0.39, 0.29) is 29.5 Å². The molecule has 168 valence electrons. The fourth-order valence-corrected chi connectivity index (χ4v) is 6.71. The van der Waals surface area contributed by atoms with E-state index in [1.807, 2.05) is 0 Å². The Morgan fingerprint density at radius 2 is 1.58 bits per heavy atom. The summed E-state index contributed by atoms with van der Waals surface area (Å²) >= 11 is 0. The summed E-state index contributed by atoms with van der Waals surface area (Å²) < 4.78 is 58.4. The standard InChI is InChI=1S/C21H26N2O6S2/c1-17(2)21(24)22(3)15-8-16-30(25,26)23(18-11-13-19(29-4)14-12-18)31(27,28)20-9-6-5-7-10-20/h5-7,9-14H,1,8,15-16H2,2-4H3. The van der Waals surface area contributed by atoms with Crippen LogP contribution in [0, 0.1) is 0 Å². The van der Waals surface area contributed by atoms with Crippen LogP contribution in [0.4, 0.5) is 5.69 Å². The molecule has 0 aromatic heterocycles. The molecule has 0 radical (unpaired) electrons. The van der Waals surface area contributed by atoms with Gasteiger partial charge in [0.15, 0.2) is 0 Å². The number of anilines is 1. The van der Waals surface area contributed by atoms with Crippen molar-refractivity contribution in [3.05, 3.63) is 66.7 Å². The molecule has 2 aromatic carbocycles. The van der Waals surface area contributed by atoms with Crippen molar-refractivity contribution in [2.75, 3.05) is 30.2 Å². The Bertz CT molecular complexity index is 1130. The van der Waals surface area contributed by atoms with E-state index >= 15 is 0 Å². The van der Waals surface area contributed by atoms with Crippen LogP contribution in [-0.4, -0.2) is 54.1 Å². The highest BCUT2D eigenvalue weighted by Crippen LogP contribution is 2.29. The molecule has 0 aliphatic heterocycles. The summed E-state index contributed by atoms with van der Waals surface area (Å²) in [4.78, 5) is 13.1. The van der Waals surface area contributed by atoms with Gasteiger partial charge in [-0.1, -0.05) is 24.8 Å². The molecule has 8 nitrogen and oxygen atoms in total. The molecule has 0 unspecified atom stereocenters. The first-order chi connectivity index (χ1) is 14.5. The molecular weight excluding hydrogens is 440 g/mol. The number of carbonyl (C=O) groups is 1. The Balaban J connectivity index is 2.39. The number of sulfonamides is 2. The van der Waals surface area contributed by atoms with E-state index in [1.54, 1.807) is 13.0 Å². The maximum atomic E-state index is 13.3. The highest BCUT2D eigenvalue weighted by Gasteiger charge is 2.35. The van der Waals surface area contributed by atoms with Gasteiger partial charge in [0.25, 0.3) is 10.0 Å². The molecular formula is C21H26N2O6S2. The van der Waals surface area contributed by atoms with Crippen molar-refractivity contribution in [3.8, 4) is 5.75 Å². The first-order valence-corrected chi connectivity index (χ1v) is 12.4. The minimum Gasteiger partial charge on any atom is -0.497 e. The van der Waals surface area contributed by atoms with Crippen molar-refractivity contribution in [1.29, 1.82) is 0 Å². The number of hydrogen-bond donors (Lipinski definition) is 0. The van der Waals surface area contributed by atoms with Crippen molar-refractivity contribution < 1.29 is 26.4 Å². The summed E-state index contributed by atoms with van der Waals surface area (Å²) in [6, 6.07) is 13.0. The zero-order valence-electron chi connectivity index (χ0n) is 17.7. The average molecular weight is 467 g/mol. The van der Waals surface area contributed by atoms with Crippen molar-refractivity contribution in [2.45, 2.75) is 18.2 Å². The van der Waals surface area contributed by atoms with E-state index in [1.165, 1.54) is 67.6 Å². The predicted octanol–water partition coefficient (Wildman–Crippen LogP) is 2.64. The molecule has 2 rings (SSSR count). The quantitative estimate of drug-likeness (QED) is 0.499. The lowest BCUT2D eigenvalue weighted by Crippen LogP contribution is -2.39. The molecule has 0 saturated heterocycles. The van der Waals surface area contributed by atoms with Gasteiger partial charge in [-0.05, 0) is 49.7 Å². The third-order valence-electron chi connectivity index (χ3n) is 4.40. The molecule has 31 heavy (non-hydrogen) atoms. The molecule has 0 spiro atoms. The minimum atomic E-state index is -4.40. The Labute approximate surface area is 183 Å². The Morgan fingerprint density at radius 1 is 1.00 bits per heavy atom. The lowest BCUT2D eigenvalue weighted by molar-refractivity contribution is -0.125. The number of hydrogen-bond acceptors (Lipinski definition) is 6. The molecule has 2 aromatic rings. The molecule has 0 bridgehead atoms. The number of amides is 1. The van der Waals surface area contributed by atoms with Crippen LogP contribution in [0.2, 0.25) is 0 Å². The second-order valence-corrected chi connectivity index (χ2v) is 10.8. The van der Waals surface area contributed by atoms with E-state index in [2.05, 4.69) is 6.58 Å². The number of benzene rings is 2. The number of ether oxygens (including phenoxy) is 1. The van der Waals surface area contributed by atoms with Crippen LogP contribution in [0.3, 0.4) is 0 Å². The smallest absolute Gasteiger partial charge is 0.277 e.